The standard InChI is InChI=1S/C15H9ClF2O4/c16-9-2-4-13(22-7-14(19)20)10(6-9)15(21)8-1-3-11(17)12(18)5-8/h1-6H,7H2,(H,19,20). The van der Waals surface area contributed by atoms with Gasteiger partial charge in [-0.3, -0.25) is 4.79 Å². The number of carbonyl (C=O) groups is 2. The second kappa shape index (κ2) is 6.53. The second-order valence-electron chi connectivity index (χ2n) is 4.28. The van der Waals surface area contributed by atoms with Gasteiger partial charge in [-0.15, -0.1) is 0 Å². The zero-order valence-corrected chi connectivity index (χ0v) is 11.7. The van der Waals surface area contributed by atoms with E-state index in [2.05, 4.69) is 0 Å². The molecule has 0 radical (unpaired) electrons. The first kappa shape index (κ1) is 15.9. The fourth-order valence-electron chi connectivity index (χ4n) is 1.74. The summed E-state index contributed by atoms with van der Waals surface area (Å²) in [6.45, 7) is -0.653. The molecule has 0 atom stereocenters. The average molecular weight is 327 g/mol. The minimum Gasteiger partial charge on any atom is -0.481 e. The normalized spacial score (nSPS) is 10.3. The molecule has 0 bridgehead atoms. The van der Waals surface area contributed by atoms with Gasteiger partial charge in [0.15, 0.2) is 24.0 Å². The molecule has 0 fully saturated rings. The molecule has 114 valence electrons. The van der Waals surface area contributed by atoms with E-state index < -0.39 is 30.0 Å². The third-order valence-corrected chi connectivity index (χ3v) is 2.95. The minimum atomic E-state index is -1.22. The predicted molar refractivity (Wildman–Crippen MR) is 74.4 cm³/mol. The lowest BCUT2D eigenvalue weighted by atomic mass is 10.0. The molecule has 0 saturated carbocycles. The van der Waals surface area contributed by atoms with Gasteiger partial charge >= 0.3 is 5.97 Å². The van der Waals surface area contributed by atoms with E-state index in [1.165, 1.54) is 18.2 Å². The molecule has 0 amide bonds. The number of carboxylic acid groups (broad SMARTS) is 1. The number of benzene rings is 2. The van der Waals surface area contributed by atoms with Crippen molar-refractivity contribution in [3.8, 4) is 5.75 Å². The van der Waals surface area contributed by atoms with Gasteiger partial charge in [0.1, 0.15) is 5.75 Å². The highest BCUT2D eigenvalue weighted by atomic mass is 35.5. The molecule has 0 unspecified atom stereocenters. The van der Waals surface area contributed by atoms with Crippen LogP contribution in [-0.4, -0.2) is 23.5 Å². The van der Waals surface area contributed by atoms with Gasteiger partial charge in [0, 0.05) is 10.6 Å². The van der Waals surface area contributed by atoms with Crippen LogP contribution in [0.25, 0.3) is 0 Å². The molecule has 7 heteroatoms. The first-order valence-electron chi connectivity index (χ1n) is 6.02. The Morgan fingerprint density at radius 2 is 1.82 bits per heavy atom. The summed E-state index contributed by atoms with van der Waals surface area (Å²) in [6.07, 6.45) is 0. The summed E-state index contributed by atoms with van der Waals surface area (Å²) >= 11 is 5.81. The number of halogens is 3. The van der Waals surface area contributed by atoms with Crippen LogP contribution in [0, 0.1) is 11.6 Å². The van der Waals surface area contributed by atoms with Crippen LogP contribution >= 0.6 is 11.6 Å². The highest BCUT2D eigenvalue weighted by Crippen LogP contribution is 2.26. The van der Waals surface area contributed by atoms with Gasteiger partial charge < -0.3 is 9.84 Å². The summed E-state index contributed by atoms with van der Waals surface area (Å²) in [5, 5.41) is 8.83. The van der Waals surface area contributed by atoms with Crippen LogP contribution in [0.2, 0.25) is 5.02 Å². The van der Waals surface area contributed by atoms with E-state index in [0.29, 0.717) is 0 Å². The van der Waals surface area contributed by atoms with Crippen molar-refractivity contribution in [2.24, 2.45) is 0 Å². The Bertz CT molecular complexity index is 746. The monoisotopic (exact) mass is 326 g/mol. The molecule has 0 heterocycles. The lowest BCUT2D eigenvalue weighted by Gasteiger charge is -2.10. The summed E-state index contributed by atoms with van der Waals surface area (Å²) in [5.41, 5.74) is -0.152. The maximum Gasteiger partial charge on any atom is 0.341 e. The van der Waals surface area contributed by atoms with Crippen molar-refractivity contribution < 1.29 is 28.2 Å². The van der Waals surface area contributed by atoms with E-state index in [0.717, 1.165) is 18.2 Å². The van der Waals surface area contributed by atoms with Gasteiger partial charge in [0.05, 0.1) is 5.56 Å². The van der Waals surface area contributed by atoms with Crippen LogP contribution < -0.4 is 4.74 Å². The summed E-state index contributed by atoms with van der Waals surface area (Å²) in [4.78, 5) is 22.9. The second-order valence-corrected chi connectivity index (χ2v) is 4.72. The zero-order chi connectivity index (χ0) is 16.3. The van der Waals surface area contributed by atoms with Gasteiger partial charge in [-0.25, -0.2) is 13.6 Å². The van der Waals surface area contributed by atoms with Gasteiger partial charge in [-0.2, -0.15) is 0 Å². The Morgan fingerprint density at radius 1 is 1.09 bits per heavy atom. The lowest BCUT2D eigenvalue weighted by Crippen LogP contribution is -2.12. The first-order chi connectivity index (χ1) is 10.4. The molecule has 2 aromatic carbocycles. The van der Waals surface area contributed by atoms with E-state index in [1.54, 1.807) is 0 Å². The van der Waals surface area contributed by atoms with Crippen LogP contribution in [0.5, 0.6) is 5.75 Å². The van der Waals surface area contributed by atoms with Crippen LogP contribution in [0.1, 0.15) is 15.9 Å². The van der Waals surface area contributed by atoms with Crippen molar-refractivity contribution >= 4 is 23.4 Å². The number of hydrogen-bond donors (Lipinski definition) is 1. The molecule has 0 saturated heterocycles. The Kier molecular flexibility index (Phi) is 4.72. The van der Waals surface area contributed by atoms with E-state index >= 15 is 0 Å². The van der Waals surface area contributed by atoms with Crippen LogP contribution in [0.4, 0.5) is 8.78 Å². The first-order valence-corrected chi connectivity index (χ1v) is 6.40. The molecule has 4 nitrogen and oxygen atoms in total. The van der Waals surface area contributed by atoms with Crippen molar-refractivity contribution in [1.29, 1.82) is 0 Å². The number of carbonyl (C=O) groups excluding carboxylic acids is 1. The third-order valence-electron chi connectivity index (χ3n) is 2.72. The number of hydrogen-bond acceptors (Lipinski definition) is 3. The van der Waals surface area contributed by atoms with Gasteiger partial charge in [0.2, 0.25) is 0 Å². The average Bonchev–Trinajstić information content (AvgIpc) is 2.48. The lowest BCUT2D eigenvalue weighted by molar-refractivity contribution is -0.139. The number of ketones is 1. The molecule has 0 spiro atoms. The Labute approximate surface area is 128 Å². The molecule has 0 aliphatic rings. The van der Waals surface area contributed by atoms with Gasteiger partial charge in [-0.1, -0.05) is 11.6 Å². The molecule has 0 aliphatic heterocycles. The molecule has 2 aromatic rings. The van der Waals surface area contributed by atoms with Crippen molar-refractivity contribution in [2.45, 2.75) is 0 Å². The summed E-state index contributed by atoms with van der Waals surface area (Å²) in [7, 11) is 0. The quantitative estimate of drug-likeness (QED) is 0.856. The topological polar surface area (TPSA) is 63.6 Å². The molecule has 2 rings (SSSR count). The van der Waals surface area contributed by atoms with E-state index in [9.17, 15) is 18.4 Å². The third kappa shape index (κ3) is 3.59. The highest BCUT2D eigenvalue weighted by Gasteiger charge is 2.18. The Balaban J connectivity index is 2.40. The van der Waals surface area contributed by atoms with Crippen molar-refractivity contribution in [3.05, 3.63) is 64.2 Å². The molecule has 0 aromatic heterocycles. The Morgan fingerprint density at radius 3 is 2.45 bits per heavy atom. The largest absolute Gasteiger partial charge is 0.481 e. The number of ether oxygens (including phenoxy) is 1. The minimum absolute atomic E-state index is 0.0125. The van der Waals surface area contributed by atoms with Crippen molar-refractivity contribution in [2.75, 3.05) is 6.61 Å². The summed E-state index contributed by atoms with van der Waals surface area (Å²) < 4.78 is 31.2. The molecular formula is C15H9ClF2O4. The van der Waals surface area contributed by atoms with E-state index in [1.807, 2.05) is 0 Å². The molecule has 0 aliphatic carbocycles. The molecular weight excluding hydrogens is 318 g/mol. The maximum atomic E-state index is 13.2. The molecule has 22 heavy (non-hydrogen) atoms. The van der Waals surface area contributed by atoms with Crippen molar-refractivity contribution in [1.82, 2.24) is 0 Å². The van der Waals surface area contributed by atoms with E-state index in [-0.39, 0.29) is 21.9 Å². The zero-order valence-electron chi connectivity index (χ0n) is 11.0. The van der Waals surface area contributed by atoms with Gasteiger partial charge in [-0.05, 0) is 36.4 Å². The van der Waals surface area contributed by atoms with Crippen LogP contribution in [0.3, 0.4) is 0 Å². The van der Waals surface area contributed by atoms with E-state index in [4.69, 9.17) is 21.4 Å². The Hall–Kier alpha value is -2.47. The summed E-state index contributed by atoms with van der Waals surface area (Å²) in [5.74, 6) is -4.14. The maximum absolute atomic E-state index is 13.2. The fraction of sp³-hybridized carbons (Fsp3) is 0.0667. The SMILES string of the molecule is O=C(O)COc1ccc(Cl)cc1C(=O)c1ccc(F)c(F)c1. The molecule has 1 N–H and O–H groups in total. The predicted octanol–water partition coefficient (Wildman–Crippen LogP) is 3.31. The number of aliphatic carboxylic acids is 1. The fourth-order valence-corrected chi connectivity index (χ4v) is 1.91. The van der Waals surface area contributed by atoms with Crippen LogP contribution in [-0.2, 0) is 4.79 Å². The number of rotatable bonds is 5. The van der Waals surface area contributed by atoms with Gasteiger partial charge in [0.25, 0.3) is 0 Å². The smallest absolute Gasteiger partial charge is 0.341 e. The highest BCUT2D eigenvalue weighted by molar-refractivity contribution is 6.31. The summed E-state index contributed by atoms with van der Waals surface area (Å²) in [6, 6.07) is 6.70. The van der Waals surface area contributed by atoms with Crippen LogP contribution in [0.15, 0.2) is 36.4 Å². The number of carboxylic acids is 1. The van der Waals surface area contributed by atoms with Crippen molar-refractivity contribution in [3.63, 3.8) is 0 Å².